The van der Waals surface area contributed by atoms with Crippen molar-refractivity contribution >= 4 is 22.0 Å². The van der Waals surface area contributed by atoms with Crippen molar-refractivity contribution in [2.45, 2.75) is 38.8 Å². The van der Waals surface area contributed by atoms with Gasteiger partial charge in [-0.3, -0.25) is 4.98 Å². The van der Waals surface area contributed by atoms with Gasteiger partial charge in [0.2, 0.25) is 0 Å². The fourth-order valence-electron chi connectivity index (χ4n) is 1.56. The van der Waals surface area contributed by atoms with Crippen LogP contribution < -0.4 is 5.32 Å². The number of rotatable bonds is 3. The number of amides is 1. The molecular weight excluding hydrogens is 328 g/mol. The maximum Gasteiger partial charge on any atom is 0.408 e. The molecule has 112 valence electrons. The van der Waals surface area contributed by atoms with Crippen molar-refractivity contribution in [1.29, 1.82) is 0 Å². The molecule has 6 nitrogen and oxygen atoms in total. The van der Waals surface area contributed by atoms with Gasteiger partial charge in [-0.05, 0) is 49.7 Å². The first-order chi connectivity index (χ1) is 9.07. The fourth-order valence-corrected chi connectivity index (χ4v) is 1.88. The molecule has 0 bridgehead atoms. The molecule has 1 unspecified atom stereocenters. The number of ether oxygens (including phenoxy) is 1. The van der Waals surface area contributed by atoms with Crippen LogP contribution in [-0.2, 0) is 10.3 Å². The normalized spacial score (nSPS) is 14.5. The highest BCUT2D eigenvalue weighted by Gasteiger charge is 2.34. The lowest BCUT2D eigenvalue weighted by atomic mass is 9.97. The van der Waals surface area contributed by atoms with Crippen LogP contribution in [0.5, 0.6) is 5.75 Å². The van der Waals surface area contributed by atoms with E-state index in [4.69, 9.17) is 4.74 Å². The molecule has 0 aliphatic heterocycles. The van der Waals surface area contributed by atoms with Gasteiger partial charge in [0, 0.05) is 10.7 Å². The Morgan fingerprint density at radius 1 is 1.45 bits per heavy atom. The molecular formula is C13H19BrN2O4. The fraction of sp³-hybridized carbons (Fsp3) is 0.538. The Labute approximate surface area is 126 Å². The minimum atomic E-state index is -1.24. The van der Waals surface area contributed by atoms with Gasteiger partial charge in [0.1, 0.15) is 22.6 Å². The zero-order valence-corrected chi connectivity index (χ0v) is 13.5. The number of aliphatic hydroxyl groups is 1. The highest BCUT2D eigenvalue weighted by atomic mass is 79.9. The second-order valence-electron chi connectivity index (χ2n) is 5.64. The molecule has 0 saturated heterocycles. The van der Waals surface area contributed by atoms with Gasteiger partial charge in [-0.25, -0.2) is 4.79 Å². The average Bonchev–Trinajstić information content (AvgIpc) is 2.25. The molecule has 1 rings (SSSR count). The van der Waals surface area contributed by atoms with Crippen LogP contribution in [0.3, 0.4) is 0 Å². The minimum Gasteiger partial charge on any atom is -0.506 e. The summed E-state index contributed by atoms with van der Waals surface area (Å²) in [6.45, 7) is 6.32. The van der Waals surface area contributed by atoms with Crippen LogP contribution in [0.15, 0.2) is 16.7 Å². The highest BCUT2D eigenvalue weighted by Crippen LogP contribution is 2.29. The molecule has 0 saturated carbocycles. The van der Waals surface area contributed by atoms with Crippen LogP contribution in [-0.4, -0.2) is 33.5 Å². The molecule has 0 aliphatic carbocycles. The van der Waals surface area contributed by atoms with E-state index in [-0.39, 0.29) is 11.4 Å². The number of nitrogens with one attached hydrogen (secondary N) is 1. The average molecular weight is 347 g/mol. The maximum atomic E-state index is 11.8. The molecule has 0 aliphatic rings. The number of aromatic hydroxyl groups is 1. The molecule has 1 amide bonds. The quantitative estimate of drug-likeness (QED) is 0.780. The summed E-state index contributed by atoms with van der Waals surface area (Å²) in [7, 11) is 0. The Morgan fingerprint density at radius 2 is 2.05 bits per heavy atom. The largest absolute Gasteiger partial charge is 0.506 e. The Morgan fingerprint density at radius 3 is 2.50 bits per heavy atom. The third-order valence-corrected chi connectivity index (χ3v) is 2.88. The molecule has 1 atom stereocenters. The summed E-state index contributed by atoms with van der Waals surface area (Å²) >= 11 is 3.18. The Hall–Kier alpha value is -1.34. The number of pyridine rings is 1. The lowest BCUT2D eigenvalue weighted by Gasteiger charge is -2.30. The molecule has 20 heavy (non-hydrogen) atoms. The third-order valence-electron chi connectivity index (χ3n) is 2.45. The van der Waals surface area contributed by atoms with E-state index in [9.17, 15) is 15.0 Å². The van der Waals surface area contributed by atoms with Crippen LogP contribution in [0.4, 0.5) is 4.79 Å². The first-order valence-electron chi connectivity index (χ1n) is 6.04. The summed E-state index contributed by atoms with van der Waals surface area (Å²) < 4.78 is 5.73. The molecule has 0 spiro atoms. The highest BCUT2D eigenvalue weighted by molar-refractivity contribution is 9.10. The summed E-state index contributed by atoms with van der Waals surface area (Å²) in [5.74, 6) is -0.132. The van der Waals surface area contributed by atoms with E-state index in [1.54, 1.807) is 27.7 Å². The van der Waals surface area contributed by atoms with E-state index < -0.39 is 23.8 Å². The first-order valence-corrected chi connectivity index (χ1v) is 6.84. The van der Waals surface area contributed by atoms with Gasteiger partial charge in [-0.15, -0.1) is 0 Å². The molecule has 1 heterocycles. The minimum absolute atomic E-state index is 0.132. The number of carbonyl (C=O) groups is 1. The van der Waals surface area contributed by atoms with E-state index in [1.807, 2.05) is 0 Å². The van der Waals surface area contributed by atoms with Crippen molar-refractivity contribution in [3.63, 3.8) is 0 Å². The topological polar surface area (TPSA) is 91.7 Å². The number of nitrogens with zero attached hydrogens (tertiary/aromatic N) is 1. The Balaban J connectivity index is 3.00. The standard InChI is InChI=1S/C13H19BrN2O4/c1-12(2,3)20-11(19)16-13(4,7-17)10-9(18)5-8(14)6-15-10/h5-6,17-18H,7H2,1-4H3,(H,16,19). The van der Waals surface area contributed by atoms with E-state index in [1.165, 1.54) is 12.3 Å². The number of alkyl carbamates (subject to hydrolysis) is 1. The number of aliphatic hydroxyl groups excluding tert-OH is 1. The number of hydrogen-bond acceptors (Lipinski definition) is 5. The van der Waals surface area contributed by atoms with Crippen LogP contribution in [0.25, 0.3) is 0 Å². The SMILES string of the molecule is CC(C)(C)OC(=O)NC(C)(CO)c1ncc(Br)cc1O. The van der Waals surface area contributed by atoms with Crippen LogP contribution in [0.1, 0.15) is 33.4 Å². The van der Waals surface area contributed by atoms with Gasteiger partial charge < -0.3 is 20.3 Å². The molecule has 1 aromatic rings. The van der Waals surface area contributed by atoms with Crippen molar-refractivity contribution in [3.05, 3.63) is 22.4 Å². The van der Waals surface area contributed by atoms with Crippen molar-refractivity contribution < 1.29 is 19.7 Å². The van der Waals surface area contributed by atoms with Gasteiger partial charge in [-0.2, -0.15) is 0 Å². The summed E-state index contributed by atoms with van der Waals surface area (Å²) in [5.41, 5.74) is -1.74. The van der Waals surface area contributed by atoms with Gasteiger partial charge in [0.25, 0.3) is 0 Å². The van der Waals surface area contributed by atoms with E-state index in [2.05, 4.69) is 26.2 Å². The van der Waals surface area contributed by atoms with Gasteiger partial charge >= 0.3 is 6.09 Å². The second kappa shape index (κ2) is 5.97. The molecule has 0 radical (unpaired) electrons. The molecule has 0 aromatic carbocycles. The predicted octanol–water partition coefficient (Wildman–Crippen LogP) is 2.28. The van der Waals surface area contributed by atoms with E-state index in [0.29, 0.717) is 4.47 Å². The van der Waals surface area contributed by atoms with E-state index in [0.717, 1.165) is 0 Å². The third kappa shape index (κ3) is 4.35. The first kappa shape index (κ1) is 16.7. The number of carbonyl (C=O) groups excluding carboxylic acids is 1. The lowest BCUT2D eigenvalue weighted by molar-refractivity contribution is 0.0405. The summed E-state index contributed by atoms with van der Waals surface area (Å²) in [5, 5.41) is 22.0. The number of hydrogen-bond donors (Lipinski definition) is 3. The summed E-state index contributed by atoms with van der Waals surface area (Å²) in [6.07, 6.45) is 0.776. The number of aromatic nitrogens is 1. The molecule has 3 N–H and O–H groups in total. The lowest BCUT2D eigenvalue weighted by Crippen LogP contribution is -2.48. The van der Waals surface area contributed by atoms with Crippen LogP contribution >= 0.6 is 15.9 Å². The second-order valence-corrected chi connectivity index (χ2v) is 6.55. The monoisotopic (exact) mass is 346 g/mol. The Kier molecular flexibility index (Phi) is 4.99. The van der Waals surface area contributed by atoms with E-state index >= 15 is 0 Å². The smallest absolute Gasteiger partial charge is 0.408 e. The van der Waals surface area contributed by atoms with Crippen LogP contribution in [0.2, 0.25) is 0 Å². The number of halogens is 1. The van der Waals surface area contributed by atoms with Gasteiger partial charge in [-0.1, -0.05) is 0 Å². The van der Waals surface area contributed by atoms with Crippen molar-refractivity contribution in [2.24, 2.45) is 0 Å². The summed E-state index contributed by atoms with van der Waals surface area (Å²) in [4.78, 5) is 15.9. The molecule has 7 heteroatoms. The predicted molar refractivity (Wildman–Crippen MR) is 77.4 cm³/mol. The zero-order valence-electron chi connectivity index (χ0n) is 11.9. The van der Waals surface area contributed by atoms with Gasteiger partial charge in [0.05, 0.1) is 6.61 Å². The maximum absolute atomic E-state index is 11.8. The zero-order chi connectivity index (χ0) is 15.6. The van der Waals surface area contributed by atoms with Crippen molar-refractivity contribution in [3.8, 4) is 5.75 Å². The summed E-state index contributed by atoms with van der Waals surface area (Å²) in [6, 6.07) is 1.44. The van der Waals surface area contributed by atoms with Crippen molar-refractivity contribution in [1.82, 2.24) is 10.3 Å². The van der Waals surface area contributed by atoms with Crippen molar-refractivity contribution in [2.75, 3.05) is 6.61 Å². The Bertz CT molecular complexity index is 502. The molecule has 1 aromatic heterocycles. The molecule has 0 fully saturated rings. The van der Waals surface area contributed by atoms with Crippen LogP contribution in [0, 0.1) is 0 Å². The van der Waals surface area contributed by atoms with Gasteiger partial charge in [0.15, 0.2) is 0 Å².